The molecule has 0 bridgehead atoms. The lowest BCUT2D eigenvalue weighted by molar-refractivity contribution is -0.135. The molecule has 54 heavy (non-hydrogen) atoms. The molecule has 0 saturated heterocycles. The molecule has 0 aliphatic heterocycles. The minimum absolute atomic E-state index is 0.00803. The molecule has 2 amide bonds. The van der Waals surface area contributed by atoms with E-state index in [0.717, 1.165) is 42.0 Å². The van der Waals surface area contributed by atoms with Gasteiger partial charge >= 0.3 is 0 Å². The van der Waals surface area contributed by atoms with Crippen molar-refractivity contribution in [2.45, 2.75) is 43.2 Å². The van der Waals surface area contributed by atoms with Crippen LogP contribution in [-0.4, -0.2) is 25.1 Å². The molecule has 1 N–H and O–H groups in total. The summed E-state index contributed by atoms with van der Waals surface area (Å²) in [6, 6.07) is 44.8. The second-order valence-corrected chi connectivity index (χ2v) is 15.3. The van der Waals surface area contributed by atoms with Gasteiger partial charge in [-0.1, -0.05) is 121 Å². The van der Waals surface area contributed by atoms with Gasteiger partial charge in [0.2, 0.25) is 5.91 Å². The molecule has 0 fully saturated rings. The molecule has 1 aliphatic rings. The summed E-state index contributed by atoms with van der Waals surface area (Å²) in [6.45, 7) is 0.453. The molecule has 0 spiro atoms. The minimum Gasteiger partial charge on any atom is -0.331 e. The Kier molecular flexibility index (Phi) is 10.8. The predicted molar refractivity (Wildman–Crippen MR) is 205 cm³/mol. The first-order chi connectivity index (χ1) is 26.1. The van der Waals surface area contributed by atoms with Gasteiger partial charge in [-0.2, -0.15) is 0 Å². The van der Waals surface area contributed by atoms with Gasteiger partial charge < -0.3 is 4.90 Å². The number of nitrogens with one attached hydrogen (secondary N) is 1. The zero-order valence-corrected chi connectivity index (χ0v) is 30.2. The van der Waals surface area contributed by atoms with E-state index in [1.165, 1.54) is 22.8 Å². The summed E-state index contributed by atoms with van der Waals surface area (Å²) < 4.78 is 54.6. The molecule has 7 rings (SSSR count). The molecule has 6 aromatic rings. The molecule has 2 unspecified atom stereocenters. The maximum Gasteiger partial charge on any atom is 0.265 e. The maximum absolute atomic E-state index is 14.7. The van der Waals surface area contributed by atoms with Crippen LogP contribution in [0.5, 0.6) is 0 Å². The fraction of sp³-hybridized carbons (Fsp3) is 0.156. The van der Waals surface area contributed by atoms with Crippen molar-refractivity contribution in [2.24, 2.45) is 5.92 Å². The zero-order valence-electron chi connectivity index (χ0n) is 29.4. The van der Waals surface area contributed by atoms with Crippen LogP contribution >= 0.6 is 0 Å². The van der Waals surface area contributed by atoms with Gasteiger partial charge in [0.25, 0.3) is 15.9 Å². The second kappa shape index (κ2) is 16.0. The predicted octanol–water partition coefficient (Wildman–Crippen LogP) is 8.87. The van der Waals surface area contributed by atoms with Crippen molar-refractivity contribution in [1.29, 1.82) is 0 Å². The molecule has 0 saturated carbocycles. The molecule has 0 heterocycles. The third-order valence-corrected chi connectivity index (χ3v) is 11.3. The first kappa shape index (κ1) is 36.4. The Morgan fingerprint density at radius 2 is 1.31 bits per heavy atom. The smallest absolute Gasteiger partial charge is 0.265 e. The molecule has 0 radical (unpaired) electrons. The molecule has 272 valence electrons. The van der Waals surface area contributed by atoms with Crippen LogP contribution in [0.1, 0.15) is 50.6 Å². The highest BCUT2D eigenvalue weighted by molar-refractivity contribution is 7.90. The minimum atomic E-state index is -4.47. The van der Waals surface area contributed by atoms with Gasteiger partial charge in [-0.25, -0.2) is 21.9 Å². The van der Waals surface area contributed by atoms with Crippen LogP contribution in [-0.2, 0) is 40.6 Å². The zero-order chi connectivity index (χ0) is 37.7. The van der Waals surface area contributed by atoms with E-state index < -0.39 is 32.5 Å². The Labute approximate surface area is 314 Å². The summed E-state index contributed by atoms with van der Waals surface area (Å²) in [7, 11) is -4.47. The summed E-state index contributed by atoms with van der Waals surface area (Å²) >= 11 is 0. The van der Waals surface area contributed by atoms with E-state index in [2.05, 4.69) is 48.5 Å². The van der Waals surface area contributed by atoms with Crippen molar-refractivity contribution in [3.63, 3.8) is 0 Å². The molecular formula is C45H38F2N2O4S. The third-order valence-electron chi connectivity index (χ3n) is 9.97. The summed E-state index contributed by atoms with van der Waals surface area (Å²) in [4.78, 5) is 29.2. The average molecular weight is 741 g/mol. The molecule has 2 atom stereocenters. The number of nitrogens with zero attached hydrogens (tertiary/aromatic N) is 1. The van der Waals surface area contributed by atoms with Crippen LogP contribution in [0.25, 0.3) is 11.1 Å². The summed E-state index contributed by atoms with van der Waals surface area (Å²) in [5, 5.41) is 0. The van der Waals surface area contributed by atoms with E-state index in [4.69, 9.17) is 0 Å². The van der Waals surface area contributed by atoms with E-state index in [-0.39, 0.29) is 29.9 Å². The Hall–Kier alpha value is -5.93. The highest BCUT2D eigenvalue weighted by Crippen LogP contribution is 2.41. The van der Waals surface area contributed by atoms with Crippen molar-refractivity contribution in [2.75, 3.05) is 0 Å². The number of halogens is 2. The number of carbonyl (C=O) groups excluding carboxylic acids is 2. The number of hydrogen-bond donors (Lipinski definition) is 1. The monoisotopic (exact) mass is 740 g/mol. The normalized spacial score (nSPS) is 15.2. The van der Waals surface area contributed by atoms with Gasteiger partial charge in [-0.3, -0.25) is 9.59 Å². The van der Waals surface area contributed by atoms with Crippen molar-refractivity contribution in [3.8, 4) is 11.1 Å². The number of rotatable bonds is 11. The topological polar surface area (TPSA) is 83.5 Å². The molecule has 0 aromatic heterocycles. The van der Waals surface area contributed by atoms with Crippen LogP contribution in [0.4, 0.5) is 8.78 Å². The first-order valence-electron chi connectivity index (χ1n) is 17.8. The number of sulfonamides is 1. The fourth-order valence-corrected chi connectivity index (χ4v) is 8.32. The van der Waals surface area contributed by atoms with E-state index in [1.54, 1.807) is 18.2 Å². The first-order valence-corrected chi connectivity index (χ1v) is 19.3. The van der Waals surface area contributed by atoms with E-state index in [9.17, 15) is 26.8 Å². The average Bonchev–Trinajstić information content (AvgIpc) is 3.19. The molecular weight excluding hydrogens is 703 g/mol. The van der Waals surface area contributed by atoms with Crippen LogP contribution < -0.4 is 4.72 Å². The van der Waals surface area contributed by atoms with Crippen LogP contribution in [0.15, 0.2) is 157 Å². The number of amides is 2. The second-order valence-electron chi connectivity index (χ2n) is 13.6. The number of carbonyl (C=O) groups is 2. The number of aryl methyl sites for hydroxylation is 1. The number of benzene rings is 6. The highest BCUT2D eigenvalue weighted by Gasteiger charge is 2.36. The van der Waals surface area contributed by atoms with Gasteiger partial charge in [0.05, 0.1) is 17.4 Å². The van der Waals surface area contributed by atoms with Gasteiger partial charge in [-0.15, -0.1) is 0 Å². The number of hydrogen-bond acceptors (Lipinski definition) is 4. The molecule has 6 aromatic carbocycles. The summed E-state index contributed by atoms with van der Waals surface area (Å²) in [5.41, 5.74) is 6.94. The summed E-state index contributed by atoms with van der Waals surface area (Å²) in [6.07, 6.45) is 2.90. The third kappa shape index (κ3) is 8.32. The largest absolute Gasteiger partial charge is 0.331 e. The van der Waals surface area contributed by atoms with Crippen LogP contribution in [0.2, 0.25) is 0 Å². The Morgan fingerprint density at radius 1 is 0.667 bits per heavy atom. The lowest BCUT2D eigenvalue weighted by Gasteiger charge is -2.42. The fourth-order valence-electron chi connectivity index (χ4n) is 7.34. The Morgan fingerprint density at radius 3 is 2.06 bits per heavy atom. The highest BCUT2D eigenvalue weighted by atomic mass is 32.2. The van der Waals surface area contributed by atoms with Gasteiger partial charge in [-0.05, 0) is 94.5 Å². The van der Waals surface area contributed by atoms with Crippen molar-refractivity contribution in [3.05, 3.63) is 197 Å². The van der Waals surface area contributed by atoms with Crippen molar-refractivity contribution < 1.29 is 26.8 Å². The molecule has 6 nitrogen and oxygen atoms in total. The summed E-state index contributed by atoms with van der Waals surface area (Å²) in [5.74, 6) is -3.27. The van der Waals surface area contributed by atoms with Crippen molar-refractivity contribution in [1.82, 2.24) is 9.62 Å². The Balaban J connectivity index is 1.16. The van der Waals surface area contributed by atoms with E-state index in [0.29, 0.717) is 24.2 Å². The maximum atomic E-state index is 14.7. The quantitative estimate of drug-likeness (QED) is 0.144. The lowest BCUT2D eigenvalue weighted by atomic mass is 9.76. The lowest BCUT2D eigenvalue weighted by Crippen LogP contribution is -2.41. The SMILES string of the molecule is O=C(NS(=O)(=O)c1ccc(F)c(F)c1)c1cccc(-c2cccc(CC(=O)N(Cc3ccccc3)C3c4ccccc4CCC3Cc3ccccc3)c2)c1. The van der Waals surface area contributed by atoms with Gasteiger partial charge in [0.15, 0.2) is 11.6 Å². The van der Waals surface area contributed by atoms with Gasteiger partial charge in [0.1, 0.15) is 0 Å². The van der Waals surface area contributed by atoms with E-state index >= 15 is 0 Å². The Bertz CT molecular complexity index is 2400. The van der Waals surface area contributed by atoms with Crippen LogP contribution in [0.3, 0.4) is 0 Å². The standard InChI is InChI=1S/C45H38F2N2O4S/c46-41-24-23-39(29-42(41)47)54(52,53)48-45(51)38-19-10-18-36(28-38)35-17-9-15-33(26-35)27-43(50)49(30-32-13-5-2-6-14-32)44-37(25-31-11-3-1-4-12-31)22-21-34-16-7-8-20-40(34)44/h1-20,23-24,26,28-29,37,44H,21-22,25,27,30H2,(H,48,51). The van der Waals surface area contributed by atoms with Gasteiger partial charge in [0, 0.05) is 12.1 Å². The van der Waals surface area contributed by atoms with Crippen LogP contribution in [0, 0.1) is 17.6 Å². The number of fused-ring (bicyclic) bond motifs is 1. The van der Waals surface area contributed by atoms with E-state index in [1.807, 2.05) is 70.3 Å². The molecule has 9 heteroatoms. The van der Waals surface area contributed by atoms with Crippen molar-refractivity contribution >= 4 is 21.8 Å². The molecule has 1 aliphatic carbocycles.